The third-order valence-electron chi connectivity index (χ3n) is 2.16. The minimum absolute atomic E-state index is 0.199. The summed E-state index contributed by atoms with van der Waals surface area (Å²) in [5.74, 6) is -1.44. The highest BCUT2D eigenvalue weighted by atomic mass is 28.3. The molecule has 0 rings (SSSR count). The molecular weight excluding hydrogens is 256 g/mol. The first-order valence-corrected chi connectivity index (χ1v) is 6.78. The molecule has 0 saturated heterocycles. The van der Waals surface area contributed by atoms with Gasteiger partial charge in [0, 0.05) is 32.8 Å². The standard InChI is InChI=1S/C11H18O6Si/c1-6-9(12)16-11(8-3,17-10(13)7-2)18(14-4)15-5/h6-7,18H,1-2,8H2,3-5H3. The highest BCUT2D eigenvalue weighted by Crippen LogP contribution is 2.23. The van der Waals surface area contributed by atoms with Crippen molar-refractivity contribution in [3.63, 3.8) is 0 Å². The summed E-state index contributed by atoms with van der Waals surface area (Å²) in [5.41, 5.74) is -1.54. The predicted molar refractivity (Wildman–Crippen MR) is 66.8 cm³/mol. The molecular formula is C11H18O6Si. The lowest BCUT2D eigenvalue weighted by Crippen LogP contribution is -2.54. The molecule has 0 aromatic carbocycles. The number of carbonyl (C=O) groups is 2. The lowest BCUT2D eigenvalue weighted by atomic mass is 10.4. The van der Waals surface area contributed by atoms with Gasteiger partial charge in [0.2, 0.25) is 0 Å². The van der Waals surface area contributed by atoms with Gasteiger partial charge >= 0.3 is 21.2 Å². The molecule has 0 aromatic heterocycles. The molecule has 0 aliphatic carbocycles. The lowest BCUT2D eigenvalue weighted by molar-refractivity contribution is -0.203. The van der Waals surface area contributed by atoms with Crippen LogP contribution in [0.1, 0.15) is 13.3 Å². The number of rotatable bonds is 8. The van der Waals surface area contributed by atoms with Crippen LogP contribution in [0, 0.1) is 0 Å². The van der Waals surface area contributed by atoms with E-state index in [1.54, 1.807) is 6.92 Å². The van der Waals surface area contributed by atoms with Crippen molar-refractivity contribution in [1.82, 2.24) is 0 Å². The summed E-state index contributed by atoms with van der Waals surface area (Å²) in [6.45, 7) is 8.26. The van der Waals surface area contributed by atoms with Crippen molar-refractivity contribution >= 4 is 21.2 Å². The molecule has 18 heavy (non-hydrogen) atoms. The van der Waals surface area contributed by atoms with E-state index in [4.69, 9.17) is 18.3 Å². The summed E-state index contributed by atoms with van der Waals surface area (Å²) in [4.78, 5) is 22.7. The van der Waals surface area contributed by atoms with Crippen LogP contribution in [0.4, 0.5) is 0 Å². The Morgan fingerprint density at radius 1 is 1.11 bits per heavy atom. The largest absolute Gasteiger partial charge is 0.418 e. The Morgan fingerprint density at radius 3 is 1.72 bits per heavy atom. The first kappa shape index (κ1) is 16.6. The average molecular weight is 274 g/mol. The summed E-state index contributed by atoms with van der Waals surface area (Å²) in [6.07, 6.45) is 2.15. The van der Waals surface area contributed by atoms with Crippen LogP contribution in [0.3, 0.4) is 0 Å². The molecule has 0 atom stereocenters. The first-order valence-electron chi connectivity index (χ1n) is 5.26. The van der Waals surface area contributed by atoms with Gasteiger partial charge in [-0.3, -0.25) is 0 Å². The molecule has 0 aliphatic rings. The van der Waals surface area contributed by atoms with Crippen LogP contribution in [0.5, 0.6) is 0 Å². The van der Waals surface area contributed by atoms with Crippen LogP contribution in [-0.2, 0) is 27.9 Å². The molecule has 6 nitrogen and oxygen atoms in total. The molecule has 0 aromatic rings. The van der Waals surface area contributed by atoms with Crippen molar-refractivity contribution < 1.29 is 27.9 Å². The van der Waals surface area contributed by atoms with Gasteiger partial charge in [-0.15, -0.1) is 0 Å². The molecule has 0 fully saturated rings. The van der Waals surface area contributed by atoms with E-state index in [0.717, 1.165) is 12.2 Å². The number of hydrogen-bond donors (Lipinski definition) is 0. The van der Waals surface area contributed by atoms with Gasteiger partial charge in [-0.1, -0.05) is 20.1 Å². The Bertz CT molecular complexity index is 301. The van der Waals surface area contributed by atoms with Crippen LogP contribution in [0.2, 0.25) is 0 Å². The van der Waals surface area contributed by atoms with E-state index in [1.807, 2.05) is 0 Å². The molecule has 0 unspecified atom stereocenters. The van der Waals surface area contributed by atoms with Gasteiger partial charge in [-0.05, 0) is 0 Å². The summed E-state index contributed by atoms with van der Waals surface area (Å²) in [5, 5.41) is 0. The SMILES string of the molecule is C=CC(=O)OC(CC)(OC(=O)C=C)[SiH](OC)OC. The third kappa shape index (κ3) is 4.10. The van der Waals surface area contributed by atoms with Gasteiger partial charge in [0.25, 0.3) is 5.41 Å². The topological polar surface area (TPSA) is 71.1 Å². The zero-order valence-electron chi connectivity index (χ0n) is 10.8. The summed E-state index contributed by atoms with van der Waals surface area (Å²) in [6, 6.07) is 0. The fraction of sp³-hybridized carbons (Fsp3) is 0.455. The first-order chi connectivity index (χ1) is 8.49. The summed E-state index contributed by atoms with van der Waals surface area (Å²) < 4.78 is 20.5. The van der Waals surface area contributed by atoms with E-state index in [9.17, 15) is 9.59 Å². The molecule has 0 amide bonds. The molecule has 102 valence electrons. The molecule has 0 radical (unpaired) electrons. The van der Waals surface area contributed by atoms with E-state index >= 15 is 0 Å². The smallest absolute Gasteiger partial charge is 0.416 e. The average Bonchev–Trinajstić information content (AvgIpc) is 2.39. The van der Waals surface area contributed by atoms with Crippen LogP contribution in [0.15, 0.2) is 25.3 Å². The molecule has 0 N–H and O–H groups in total. The monoisotopic (exact) mass is 274 g/mol. The zero-order chi connectivity index (χ0) is 14.2. The van der Waals surface area contributed by atoms with E-state index < -0.39 is 26.6 Å². The van der Waals surface area contributed by atoms with Crippen molar-refractivity contribution in [3.05, 3.63) is 25.3 Å². The highest BCUT2D eigenvalue weighted by molar-refractivity contribution is 6.48. The lowest BCUT2D eigenvalue weighted by Gasteiger charge is -2.34. The molecule has 0 bridgehead atoms. The van der Waals surface area contributed by atoms with Gasteiger partial charge in [0.05, 0.1) is 0 Å². The Labute approximate surface area is 108 Å². The van der Waals surface area contributed by atoms with Gasteiger partial charge in [0.15, 0.2) is 0 Å². The van der Waals surface area contributed by atoms with Crippen molar-refractivity contribution in [3.8, 4) is 0 Å². The normalized spacial score (nSPS) is 10.9. The molecule has 7 heteroatoms. The zero-order valence-corrected chi connectivity index (χ0v) is 12.0. The highest BCUT2D eigenvalue weighted by Gasteiger charge is 2.48. The van der Waals surface area contributed by atoms with E-state index in [1.165, 1.54) is 14.2 Å². The Kier molecular flexibility index (Phi) is 7.18. The maximum atomic E-state index is 11.3. The quantitative estimate of drug-likeness (QED) is 0.279. The summed E-state index contributed by atoms with van der Waals surface area (Å²) >= 11 is 0. The van der Waals surface area contributed by atoms with Crippen molar-refractivity contribution in [2.24, 2.45) is 0 Å². The Morgan fingerprint density at radius 2 is 1.50 bits per heavy atom. The fourth-order valence-electron chi connectivity index (χ4n) is 1.31. The van der Waals surface area contributed by atoms with Crippen molar-refractivity contribution in [2.75, 3.05) is 14.2 Å². The molecule has 0 saturated carbocycles. The van der Waals surface area contributed by atoms with Gasteiger partial charge in [-0.2, -0.15) is 0 Å². The Balaban J connectivity index is 5.28. The van der Waals surface area contributed by atoms with Crippen LogP contribution < -0.4 is 0 Å². The van der Waals surface area contributed by atoms with Crippen molar-refractivity contribution in [2.45, 2.75) is 18.8 Å². The second kappa shape index (κ2) is 7.80. The van der Waals surface area contributed by atoms with E-state index in [-0.39, 0.29) is 6.42 Å². The second-order valence-corrected chi connectivity index (χ2v) is 5.71. The van der Waals surface area contributed by atoms with Gasteiger partial charge < -0.3 is 18.3 Å². The number of carbonyl (C=O) groups excluding carboxylic acids is 2. The van der Waals surface area contributed by atoms with Gasteiger partial charge in [-0.25, -0.2) is 9.59 Å². The molecule has 0 heterocycles. The molecule has 0 spiro atoms. The fourth-order valence-corrected chi connectivity index (χ4v) is 2.98. The van der Waals surface area contributed by atoms with E-state index in [0.29, 0.717) is 0 Å². The maximum absolute atomic E-state index is 11.3. The van der Waals surface area contributed by atoms with Crippen LogP contribution >= 0.6 is 0 Å². The molecule has 0 aliphatic heterocycles. The maximum Gasteiger partial charge on any atom is 0.416 e. The minimum Gasteiger partial charge on any atom is -0.418 e. The van der Waals surface area contributed by atoms with Gasteiger partial charge in [0.1, 0.15) is 0 Å². The predicted octanol–water partition coefficient (Wildman–Crippen LogP) is 0.604. The van der Waals surface area contributed by atoms with E-state index in [2.05, 4.69) is 13.2 Å². The second-order valence-electron chi connectivity index (χ2n) is 3.22. The summed E-state index contributed by atoms with van der Waals surface area (Å²) in [7, 11) is 0.230. The van der Waals surface area contributed by atoms with Crippen LogP contribution in [-0.4, -0.2) is 40.9 Å². The van der Waals surface area contributed by atoms with Crippen LogP contribution in [0.25, 0.3) is 0 Å². The van der Waals surface area contributed by atoms with Crippen molar-refractivity contribution in [1.29, 1.82) is 0 Å². The Hall–Kier alpha value is -1.44. The third-order valence-corrected chi connectivity index (χ3v) is 4.38. The minimum atomic E-state index is -2.56. The number of ether oxygens (including phenoxy) is 2. The number of hydrogen-bond acceptors (Lipinski definition) is 6. The number of esters is 2.